The van der Waals surface area contributed by atoms with Gasteiger partial charge in [-0.25, -0.2) is 9.69 Å². The molecule has 0 radical (unpaired) electrons. The summed E-state index contributed by atoms with van der Waals surface area (Å²) >= 11 is 6.24. The molecule has 9 heteroatoms. The number of amidine groups is 1. The second-order valence-electron chi connectivity index (χ2n) is 5.73. The first-order valence-corrected chi connectivity index (χ1v) is 9.31. The molecule has 0 unspecified atom stereocenters. The number of benzene rings is 2. The van der Waals surface area contributed by atoms with E-state index in [2.05, 4.69) is 15.0 Å². The predicted octanol–water partition coefficient (Wildman–Crippen LogP) is 5.38. The molecule has 27 heavy (non-hydrogen) atoms. The van der Waals surface area contributed by atoms with Crippen LogP contribution >= 0.6 is 23.4 Å². The topological polar surface area (TPSA) is 53.9 Å². The molecule has 3 rings (SSSR count). The van der Waals surface area contributed by atoms with Crippen LogP contribution in [0.2, 0.25) is 0 Å². The van der Waals surface area contributed by atoms with Gasteiger partial charge in [0.05, 0.1) is 12.2 Å². The minimum atomic E-state index is -3.80. The smallest absolute Gasteiger partial charge is 0.420 e. The third-order valence-corrected chi connectivity index (χ3v) is 4.69. The third-order valence-electron chi connectivity index (χ3n) is 3.54. The van der Waals surface area contributed by atoms with Crippen molar-refractivity contribution in [3.63, 3.8) is 0 Å². The molecule has 1 aliphatic heterocycles. The van der Waals surface area contributed by atoms with Gasteiger partial charge in [0.15, 0.2) is 5.17 Å². The second-order valence-corrected chi connectivity index (χ2v) is 7.57. The summed E-state index contributed by atoms with van der Waals surface area (Å²) in [6.45, 7) is 2.60. The minimum Gasteiger partial charge on any atom is -0.420 e. The van der Waals surface area contributed by atoms with Crippen molar-refractivity contribution < 1.29 is 18.3 Å². The summed E-state index contributed by atoms with van der Waals surface area (Å²) in [5.74, 6) is -0.114. The lowest BCUT2D eigenvalue weighted by atomic mass is 10.3. The van der Waals surface area contributed by atoms with E-state index in [0.717, 1.165) is 0 Å². The molecular formula is C18H16ClF2N3O2S. The first-order chi connectivity index (χ1) is 12.8. The summed E-state index contributed by atoms with van der Waals surface area (Å²) in [4.78, 5) is 18.7. The Balaban J connectivity index is 1.85. The van der Waals surface area contributed by atoms with Crippen LogP contribution in [0.3, 0.4) is 0 Å². The number of carbonyl (C=O) groups excluding carboxylic acids is 1. The van der Waals surface area contributed by atoms with Crippen molar-refractivity contribution in [1.82, 2.24) is 0 Å². The lowest BCUT2D eigenvalue weighted by molar-refractivity contribution is -0.0964. The highest BCUT2D eigenvalue weighted by atomic mass is 35.5. The Bertz CT molecular complexity index is 829. The van der Waals surface area contributed by atoms with Crippen LogP contribution in [0.15, 0.2) is 59.6 Å². The Morgan fingerprint density at radius 2 is 1.93 bits per heavy atom. The largest absolute Gasteiger partial charge is 0.487 e. The van der Waals surface area contributed by atoms with Crippen molar-refractivity contribution >= 4 is 45.9 Å². The van der Waals surface area contributed by atoms with E-state index in [1.54, 1.807) is 12.1 Å². The number of carbonyl (C=O) groups is 1. The Labute approximate surface area is 164 Å². The average Bonchev–Trinajstić information content (AvgIpc) is 3.02. The molecular weight excluding hydrogens is 396 g/mol. The number of anilines is 2. The summed E-state index contributed by atoms with van der Waals surface area (Å²) in [5, 5.41) is 3.58. The van der Waals surface area contributed by atoms with Gasteiger partial charge in [-0.2, -0.15) is 0 Å². The zero-order valence-corrected chi connectivity index (χ0v) is 15.8. The molecule has 2 aromatic rings. The maximum Gasteiger partial charge on any atom is 0.487 e. The van der Waals surface area contributed by atoms with Crippen LogP contribution in [0.4, 0.5) is 25.0 Å². The number of rotatable bonds is 4. The lowest BCUT2D eigenvalue weighted by Gasteiger charge is -2.23. The van der Waals surface area contributed by atoms with Gasteiger partial charge in [0.25, 0.3) is 0 Å². The van der Waals surface area contributed by atoms with E-state index in [4.69, 9.17) is 11.6 Å². The summed E-state index contributed by atoms with van der Waals surface area (Å²) in [6, 6.07) is 14.2. The van der Waals surface area contributed by atoms with Gasteiger partial charge in [0.1, 0.15) is 5.75 Å². The highest BCUT2D eigenvalue weighted by Crippen LogP contribution is 2.31. The van der Waals surface area contributed by atoms with Crippen molar-refractivity contribution in [3.05, 3.63) is 54.6 Å². The molecule has 0 saturated carbocycles. The maximum atomic E-state index is 12.9. The van der Waals surface area contributed by atoms with E-state index in [9.17, 15) is 13.6 Å². The zero-order valence-electron chi connectivity index (χ0n) is 14.2. The van der Waals surface area contributed by atoms with E-state index < -0.39 is 11.6 Å². The third kappa shape index (κ3) is 5.33. The van der Waals surface area contributed by atoms with Crippen LogP contribution in [-0.2, 0) is 0 Å². The molecule has 0 bridgehead atoms. The molecule has 0 fully saturated rings. The zero-order chi connectivity index (χ0) is 19.4. The number of halogens is 3. The number of nitrogens with one attached hydrogen (secondary N) is 1. The molecule has 0 aromatic heterocycles. The summed E-state index contributed by atoms with van der Waals surface area (Å²) in [5.41, 5.74) is -2.70. The number of para-hydroxylation sites is 1. The number of nitrogens with zero attached hydrogens (tertiary/aromatic N) is 2. The summed E-state index contributed by atoms with van der Waals surface area (Å²) in [6.07, 6.45) is 0. The maximum absolute atomic E-state index is 12.9. The fourth-order valence-corrected chi connectivity index (χ4v) is 3.44. The summed E-state index contributed by atoms with van der Waals surface area (Å²) in [7, 11) is 0. The summed E-state index contributed by atoms with van der Waals surface area (Å²) < 4.78 is 29.9. The molecule has 1 atom stereocenters. The fourth-order valence-electron chi connectivity index (χ4n) is 2.40. The van der Waals surface area contributed by atoms with Crippen LogP contribution in [0.25, 0.3) is 0 Å². The van der Waals surface area contributed by atoms with Gasteiger partial charge in [-0.15, -0.1) is 8.78 Å². The normalized spacial score (nSPS) is 16.6. The number of aliphatic imine (C=N–C) groups is 1. The van der Waals surface area contributed by atoms with Gasteiger partial charge >= 0.3 is 11.6 Å². The van der Waals surface area contributed by atoms with E-state index >= 15 is 0 Å². The average molecular weight is 412 g/mol. The highest BCUT2D eigenvalue weighted by molar-refractivity contribution is 8.15. The van der Waals surface area contributed by atoms with Crippen molar-refractivity contribution in [2.75, 3.05) is 16.8 Å². The van der Waals surface area contributed by atoms with Crippen molar-refractivity contribution in [2.45, 2.75) is 17.7 Å². The van der Waals surface area contributed by atoms with E-state index in [-0.39, 0.29) is 11.0 Å². The van der Waals surface area contributed by atoms with Crippen molar-refractivity contribution in [1.29, 1.82) is 0 Å². The first kappa shape index (κ1) is 19.4. The quantitative estimate of drug-likeness (QED) is 0.687. The van der Waals surface area contributed by atoms with Gasteiger partial charge in [-0.3, -0.25) is 4.99 Å². The van der Waals surface area contributed by atoms with Gasteiger partial charge in [-0.1, -0.05) is 36.9 Å². The number of urea groups is 1. The Kier molecular flexibility index (Phi) is 5.86. The molecule has 0 aliphatic carbocycles. The van der Waals surface area contributed by atoms with Crippen LogP contribution in [0.1, 0.15) is 6.92 Å². The molecule has 1 heterocycles. The Morgan fingerprint density at radius 3 is 2.48 bits per heavy atom. The van der Waals surface area contributed by atoms with Gasteiger partial charge < -0.3 is 10.1 Å². The standard InChI is InChI=1S/C18H16ClF2N3O2S/c1-12-11-22-17(27-12)24(16(25)23-13-5-3-2-4-6-13)14-7-9-15(10-8-14)26-18(19,20)21/h2-10,12H,11H2,1H3,(H,23,25)/t12-/m1/s1. The van der Waals surface area contributed by atoms with E-state index in [1.165, 1.54) is 40.9 Å². The Morgan fingerprint density at radius 1 is 1.26 bits per heavy atom. The number of hydrogen-bond acceptors (Lipinski definition) is 4. The molecule has 2 amide bonds. The van der Waals surface area contributed by atoms with Gasteiger partial charge in [0.2, 0.25) is 0 Å². The second kappa shape index (κ2) is 8.14. The number of alkyl halides is 3. The molecule has 1 aliphatic rings. The van der Waals surface area contributed by atoms with Crippen LogP contribution in [0.5, 0.6) is 5.75 Å². The molecule has 5 nitrogen and oxygen atoms in total. The number of ether oxygens (including phenoxy) is 1. The van der Waals surface area contributed by atoms with E-state index in [1.807, 2.05) is 25.1 Å². The molecule has 0 saturated heterocycles. The number of amides is 2. The number of hydrogen-bond donors (Lipinski definition) is 1. The highest BCUT2D eigenvalue weighted by Gasteiger charge is 2.29. The molecule has 142 valence electrons. The first-order valence-electron chi connectivity index (χ1n) is 8.05. The molecule has 2 aromatic carbocycles. The SMILES string of the molecule is C[C@@H]1CN=C(N(C(=O)Nc2ccccc2)c2ccc(OC(F)(F)Cl)cc2)S1. The van der Waals surface area contributed by atoms with Crippen LogP contribution in [-0.4, -0.2) is 28.6 Å². The predicted molar refractivity (Wildman–Crippen MR) is 105 cm³/mol. The monoisotopic (exact) mass is 411 g/mol. The van der Waals surface area contributed by atoms with Crippen molar-refractivity contribution in [3.8, 4) is 5.75 Å². The van der Waals surface area contributed by atoms with Crippen LogP contribution < -0.4 is 15.0 Å². The number of thioether (sulfide) groups is 1. The van der Waals surface area contributed by atoms with E-state index in [0.29, 0.717) is 23.1 Å². The fraction of sp³-hybridized carbons (Fsp3) is 0.222. The van der Waals surface area contributed by atoms with Crippen molar-refractivity contribution in [2.24, 2.45) is 4.99 Å². The van der Waals surface area contributed by atoms with Gasteiger partial charge in [0, 0.05) is 22.5 Å². The Hall–Kier alpha value is -2.32. The molecule has 0 spiro atoms. The lowest BCUT2D eigenvalue weighted by Crippen LogP contribution is -2.38. The minimum absolute atomic E-state index is 0.114. The van der Waals surface area contributed by atoms with Gasteiger partial charge in [-0.05, 0) is 36.4 Å². The van der Waals surface area contributed by atoms with Crippen LogP contribution in [0, 0.1) is 0 Å². The molecule has 1 N–H and O–H groups in total.